The second kappa shape index (κ2) is 15.2. The van der Waals surface area contributed by atoms with Crippen molar-refractivity contribution in [1.29, 1.82) is 0 Å². The van der Waals surface area contributed by atoms with Crippen LogP contribution in [0.15, 0.2) is 4.99 Å². The predicted molar refractivity (Wildman–Crippen MR) is 126 cm³/mol. The van der Waals surface area contributed by atoms with Gasteiger partial charge >= 0.3 is 0 Å². The molecule has 0 aromatic carbocycles. The highest BCUT2D eigenvalue weighted by molar-refractivity contribution is 14.0. The maximum Gasteiger partial charge on any atom is 0.205 e. The van der Waals surface area contributed by atoms with Crippen LogP contribution in [0.5, 0.6) is 0 Å². The van der Waals surface area contributed by atoms with Gasteiger partial charge in [0.05, 0.1) is 13.2 Å². The fourth-order valence-corrected chi connectivity index (χ4v) is 3.60. The minimum absolute atomic E-state index is 0. The van der Waals surface area contributed by atoms with E-state index in [1.54, 1.807) is 7.11 Å². The molecule has 1 aliphatic heterocycles. The Morgan fingerprint density at radius 3 is 2.57 bits per heavy atom. The summed E-state index contributed by atoms with van der Waals surface area (Å²) in [5.74, 6) is 1.96. The number of piperazine rings is 1. The summed E-state index contributed by atoms with van der Waals surface area (Å²) < 4.78 is 14.9. The lowest BCUT2D eigenvalue weighted by Gasteiger charge is -2.36. The van der Waals surface area contributed by atoms with E-state index in [0.29, 0.717) is 13.2 Å². The molecule has 0 radical (unpaired) electrons. The van der Waals surface area contributed by atoms with Crippen molar-refractivity contribution in [3.63, 3.8) is 0 Å². The molecule has 0 spiro atoms. The zero-order valence-electron chi connectivity index (χ0n) is 17.4. The number of nitrogens with zero attached hydrogens (tertiary/aromatic N) is 5. The molecule has 0 atom stereocenters. The van der Waals surface area contributed by atoms with Crippen LogP contribution in [0, 0.1) is 0 Å². The third-order valence-corrected chi connectivity index (χ3v) is 5.16. The highest BCUT2D eigenvalue weighted by Crippen LogP contribution is 2.19. The summed E-state index contributed by atoms with van der Waals surface area (Å²) in [6.07, 6.45) is 2.95. The Kier molecular flexibility index (Phi) is 13.7. The Labute approximate surface area is 190 Å². The van der Waals surface area contributed by atoms with Crippen molar-refractivity contribution < 1.29 is 9.47 Å². The van der Waals surface area contributed by atoms with Gasteiger partial charge in [0.2, 0.25) is 5.13 Å². The maximum absolute atomic E-state index is 5.49. The third-order valence-electron chi connectivity index (χ3n) is 4.35. The molecule has 0 saturated carbocycles. The van der Waals surface area contributed by atoms with Crippen LogP contribution >= 0.6 is 35.5 Å². The Hall–Kier alpha value is -0.720. The number of aromatic nitrogens is 2. The smallest absolute Gasteiger partial charge is 0.205 e. The van der Waals surface area contributed by atoms with Crippen molar-refractivity contribution in [2.75, 3.05) is 71.1 Å². The lowest BCUT2D eigenvalue weighted by Crippen LogP contribution is -2.52. The number of methoxy groups -OCH3 is 1. The van der Waals surface area contributed by atoms with Crippen LogP contribution in [-0.2, 0) is 15.9 Å². The van der Waals surface area contributed by atoms with Gasteiger partial charge in [-0.2, -0.15) is 4.37 Å². The van der Waals surface area contributed by atoms with Gasteiger partial charge in [-0.15, -0.1) is 24.0 Å². The van der Waals surface area contributed by atoms with E-state index in [1.165, 1.54) is 11.5 Å². The Morgan fingerprint density at radius 2 is 1.93 bits per heavy atom. The van der Waals surface area contributed by atoms with Crippen LogP contribution < -0.4 is 10.2 Å². The number of nitrogens with one attached hydrogen (secondary N) is 1. The number of halogens is 1. The van der Waals surface area contributed by atoms with Crippen molar-refractivity contribution in [1.82, 2.24) is 19.6 Å². The zero-order chi connectivity index (χ0) is 19.3. The molecular formula is C18H35IN6O2S. The van der Waals surface area contributed by atoms with Crippen LogP contribution in [-0.4, -0.2) is 86.4 Å². The van der Waals surface area contributed by atoms with Crippen molar-refractivity contribution in [3.05, 3.63) is 5.82 Å². The molecule has 10 heteroatoms. The Morgan fingerprint density at radius 1 is 1.14 bits per heavy atom. The van der Waals surface area contributed by atoms with Crippen LogP contribution in [0.3, 0.4) is 0 Å². The van der Waals surface area contributed by atoms with Crippen molar-refractivity contribution in [2.24, 2.45) is 4.99 Å². The lowest BCUT2D eigenvalue weighted by atomic mass is 10.3. The molecule has 0 unspecified atom stereocenters. The summed E-state index contributed by atoms with van der Waals surface area (Å²) in [5.41, 5.74) is 0. The van der Waals surface area contributed by atoms with Gasteiger partial charge in [-0.25, -0.2) is 4.98 Å². The number of unbranched alkanes of at least 4 members (excludes halogenated alkanes) is 1. The zero-order valence-corrected chi connectivity index (χ0v) is 20.5. The molecule has 2 heterocycles. The average molecular weight is 526 g/mol. The van der Waals surface area contributed by atoms with Crippen LogP contribution in [0.2, 0.25) is 0 Å². The Bertz CT molecular complexity index is 552. The molecule has 1 aromatic heterocycles. The fraction of sp³-hybridized carbons (Fsp3) is 0.833. The molecule has 8 nitrogen and oxygen atoms in total. The van der Waals surface area contributed by atoms with E-state index in [9.17, 15) is 0 Å². The molecule has 0 amide bonds. The standard InChI is InChI=1S/C18H34N6O2S.HI/c1-4-16-21-18(27-22-16)24-11-9-23(10-12-24)17(19-5-2)20-8-6-7-13-26-15-14-25-3;/h4-15H2,1-3H3,(H,19,20);1H. The lowest BCUT2D eigenvalue weighted by molar-refractivity contribution is 0.0690. The van der Waals surface area contributed by atoms with Crippen LogP contribution in [0.4, 0.5) is 5.13 Å². The molecule has 1 fully saturated rings. The average Bonchev–Trinajstić information content (AvgIpc) is 3.18. The molecule has 0 aliphatic carbocycles. The minimum atomic E-state index is 0. The van der Waals surface area contributed by atoms with E-state index in [2.05, 4.69) is 38.3 Å². The van der Waals surface area contributed by atoms with Crippen molar-refractivity contribution >= 4 is 46.6 Å². The molecule has 1 aromatic rings. The van der Waals surface area contributed by atoms with E-state index < -0.39 is 0 Å². The number of ether oxygens (including phenoxy) is 2. The fourth-order valence-electron chi connectivity index (χ4n) is 2.80. The summed E-state index contributed by atoms with van der Waals surface area (Å²) in [5, 5.41) is 4.47. The van der Waals surface area contributed by atoms with E-state index in [0.717, 1.165) is 82.1 Å². The van der Waals surface area contributed by atoms with Gasteiger partial charge in [-0.1, -0.05) is 6.92 Å². The molecule has 28 heavy (non-hydrogen) atoms. The predicted octanol–water partition coefficient (Wildman–Crippen LogP) is 2.25. The van der Waals surface area contributed by atoms with Gasteiger partial charge in [-0.3, -0.25) is 4.99 Å². The maximum atomic E-state index is 5.49. The summed E-state index contributed by atoms with van der Waals surface area (Å²) >= 11 is 1.51. The first-order valence-corrected chi connectivity index (χ1v) is 10.7. The first-order chi connectivity index (χ1) is 13.3. The SMILES string of the molecule is CCNC(=NCCCCOCCOC)N1CCN(c2nc(CC)ns2)CC1.I. The topological polar surface area (TPSA) is 75.1 Å². The second-order valence-corrected chi connectivity index (χ2v) is 7.10. The molecule has 1 N–H and O–H groups in total. The molecule has 1 saturated heterocycles. The highest BCUT2D eigenvalue weighted by atomic mass is 127. The van der Waals surface area contributed by atoms with Gasteiger partial charge in [0.1, 0.15) is 5.82 Å². The monoisotopic (exact) mass is 526 g/mol. The van der Waals surface area contributed by atoms with Crippen molar-refractivity contribution in [3.8, 4) is 0 Å². The molecule has 162 valence electrons. The number of aryl methyl sites for hydroxylation is 1. The first-order valence-electron chi connectivity index (χ1n) is 9.96. The highest BCUT2D eigenvalue weighted by Gasteiger charge is 2.21. The second-order valence-electron chi connectivity index (χ2n) is 6.37. The quantitative estimate of drug-likeness (QED) is 0.205. The van der Waals surface area contributed by atoms with Crippen molar-refractivity contribution in [2.45, 2.75) is 33.1 Å². The molecule has 1 aliphatic rings. The largest absolute Gasteiger partial charge is 0.382 e. The number of anilines is 1. The van der Waals surface area contributed by atoms with E-state index in [-0.39, 0.29) is 24.0 Å². The normalized spacial score (nSPS) is 14.9. The summed E-state index contributed by atoms with van der Waals surface area (Å²) in [4.78, 5) is 14.1. The van der Waals surface area contributed by atoms with Gasteiger partial charge in [0, 0.05) is 70.9 Å². The first kappa shape index (κ1) is 25.3. The number of aliphatic imine (C=N–C) groups is 1. The number of hydrogen-bond acceptors (Lipinski definition) is 7. The molecular weight excluding hydrogens is 491 g/mol. The molecule has 2 rings (SSSR count). The van der Waals surface area contributed by atoms with E-state index in [1.807, 2.05) is 0 Å². The summed E-state index contributed by atoms with van der Waals surface area (Å²) in [6, 6.07) is 0. The molecule has 0 bridgehead atoms. The minimum Gasteiger partial charge on any atom is -0.382 e. The van der Waals surface area contributed by atoms with Gasteiger partial charge < -0.3 is 24.6 Å². The van der Waals surface area contributed by atoms with Gasteiger partial charge in [-0.05, 0) is 19.8 Å². The number of hydrogen-bond donors (Lipinski definition) is 1. The Balaban J connectivity index is 0.00000392. The van der Waals surface area contributed by atoms with E-state index >= 15 is 0 Å². The van der Waals surface area contributed by atoms with Crippen LogP contribution in [0.25, 0.3) is 0 Å². The summed E-state index contributed by atoms with van der Waals surface area (Å²) in [7, 11) is 1.69. The van der Waals surface area contributed by atoms with Crippen LogP contribution in [0.1, 0.15) is 32.5 Å². The third kappa shape index (κ3) is 8.75. The summed E-state index contributed by atoms with van der Waals surface area (Å²) in [6.45, 7) is 11.8. The van der Waals surface area contributed by atoms with Gasteiger partial charge in [0.25, 0.3) is 0 Å². The van der Waals surface area contributed by atoms with Gasteiger partial charge in [0.15, 0.2) is 5.96 Å². The number of guanidine groups is 1. The number of rotatable bonds is 11. The van der Waals surface area contributed by atoms with E-state index in [4.69, 9.17) is 14.5 Å².